The van der Waals surface area contributed by atoms with E-state index in [-0.39, 0.29) is 0 Å². The number of hydrogen-bond acceptors (Lipinski definition) is 3. The largest absolute Gasteiger partial charge is 0.356 e. The van der Waals surface area contributed by atoms with Crippen molar-refractivity contribution in [1.82, 2.24) is 20.5 Å². The zero-order chi connectivity index (χ0) is 17.2. The lowest BCUT2D eigenvalue weighted by atomic mass is 10.1. The molecule has 1 aromatic heterocycles. The zero-order valence-corrected chi connectivity index (χ0v) is 14.8. The molecule has 2 rings (SSSR count). The van der Waals surface area contributed by atoms with Crippen LogP contribution in [0, 0.1) is 0 Å². The smallest absolute Gasteiger partial charge is 0.222 e. The Labute approximate surface area is 144 Å². The van der Waals surface area contributed by atoms with Gasteiger partial charge in [0.2, 0.25) is 5.91 Å². The highest BCUT2D eigenvalue weighted by atomic mass is 16.2. The van der Waals surface area contributed by atoms with Crippen molar-refractivity contribution in [2.45, 2.75) is 45.1 Å². The zero-order valence-electron chi connectivity index (χ0n) is 14.8. The number of nitrogens with zero attached hydrogens (tertiary/aromatic N) is 3. The number of likely N-dealkylation sites (tertiary alicyclic amines) is 1. The van der Waals surface area contributed by atoms with E-state index in [1.165, 1.54) is 0 Å². The summed E-state index contributed by atoms with van der Waals surface area (Å²) >= 11 is 0. The molecule has 1 fully saturated rings. The molecule has 2 heterocycles. The lowest BCUT2D eigenvalue weighted by molar-refractivity contribution is -0.129. The standard InChI is InChI=1S/C18H29N5O/c1-3-16(23-14-6-8-17(23)24)10-13-22-18(19-2)21-12-9-15-7-4-5-11-20-15/h4-5,7,11,16H,3,6,8-10,12-14H2,1-2H3,(H2,19,21,22). The molecule has 1 amide bonds. The fourth-order valence-corrected chi connectivity index (χ4v) is 3.07. The van der Waals surface area contributed by atoms with E-state index in [1.54, 1.807) is 7.05 Å². The molecule has 1 aliphatic heterocycles. The highest BCUT2D eigenvalue weighted by Gasteiger charge is 2.26. The Kier molecular flexibility index (Phi) is 7.52. The first-order valence-electron chi connectivity index (χ1n) is 8.88. The van der Waals surface area contributed by atoms with Crippen LogP contribution in [0.4, 0.5) is 0 Å². The second-order valence-electron chi connectivity index (χ2n) is 6.04. The molecule has 0 radical (unpaired) electrons. The molecule has 24 heavy (non-hydrogen) atoms. The Balaban J connectivity index is 1.68. The second-order valence-corrected chi connectivity index (χ2v) is 6.04. The van der Waals surface area contributed by atoms with Crippen molar-refractivity contribution in [3.63, 3.8) is 0 Å². The molecule has 0 spiro atoms. The maximum absolute atomic E-state index is 11.9. The van der Waals surface area contributed by atoms with E-state index < -0.39 is 0 Å². The van der Waals surface area contributed by atoms with E-state index in [0.29, 0.717) is 18.4 Å². The van der Waals surface area contributed by atoms with Crippen LogP contribution in [0.25, 0.3) is 0 Å². The van der Waals surface area contributed by atoms with Gasteiger partial charge in [-0.1, -0.05) is 13.0 Å². The normalized spacial score (nSPS) is 16.3. The van der Waals surface area contributed by atoms with Crippen molar-refractivity contribution in [2.75, 3.05) is 26.7 Å². The molecule has 1 unspecified atom stereocenters. The van der Waals surface area contributed by atoms with E-state index in [9.17, 15) is 4.79 Å². The fourth-order valence-electron chi connectivity index (χ4n) is 3.07. The Morgan fingerprint density at radius 2 is 2.21 bits per heavy atom. The monoisotopic (exact) mass is 331 g/mol. The van der Waals surface area contributed by atoms with Gasteiger partial charge in [-0.25, -0.2) is 0 Å². The first-order chi connectivity index (χ1) is 11.7. The van der Waals surface area contributed by atoms with Gasteiger partial charge in [-0.15, -0.1) is 0 Å². The summed E-state index contributed by atoms with van der Waals surface area (Å²) in [6, 6.07) is 6.28. The molecular formula is C18H29N5O. The molecule has 1 aromatic rings. The van der Waals surface area contributed by atoms with Gasteiger partial charge in [-0.05, 0) is 31.4 Å². The number of aliphatic imine (C=N–C) groups is 1. The minimum absolute atomic E-state index is 0.305. The molecule has 6 nitrogen and oxygen atoms in total. The van der Waals surface area contributed by atoms with Crippen LogP contribution in [0.2, 0.25) is 0 Å². The van der Waals surface area contributed by atoms with Crippen LogP contribution in [-0.2, 0) is 11.2 Å². The average molecular weight is 331 g/mol. The van der Waals surface area contributed by atoms with Gasteiger partial charge in [0.15, 0.2) is 5.96 Å². The topological polar surface area (TPSA) is 69.6 Å². The van der Waals surface area contributed by atoms with Gasteiger partial charge in [0.25, 0.3) is 0 Å². The summed E-state index contributed by atoms with van der Waals surface area (Å²) < 4.78 is 0. The number of aromatic nitrogens is 1. The second kappa shape index (κ2) is 9.90. The van der Waals surface area contributed by atoms with E-state index in [0.717, 1.165) is 57.0 Å². The van der Waals surface area contributed by atoms with E-state index in [1.807, 2.05) is 29.3 Å². The molecule has 132 valence electrons. The van der Waals surface area contributed by atoms with Crippen LogP contribution in [0.5, 0.6) is 0 Å². The molecule has 1 atom stereocenters. The first kappa shape index (κ1) is 18.2. The van der Waals surface area contributed by atoms with E-state index in [2.05, 4.69) is 27.5 Å². The van der Waals surface area contributed by atoms with Crippen LogP contribution in [0.3, 0.4) is 0 Å². The fraction of sp³-hybridized carbons (Fsp3) is 0.611. The summed E-state index contributed by atoms with van der Waals surface area (Å²) in [6.45, 7) is 4.66. The third-order valence-corrected chi connectivity index (χ3v) is 4.42. The number of nitrogens with one attached hydrogen (secondary N) is 2. The molecule has 6 heteroatoms. The number of guanidine groups is 1. The Hall–Kier alpha value is -2.11. The van der Waals surface area contributed by atoms with Gasteiger partial charge >= 0.3 is 0 Å². The SMILES string of the molecule is CCC(CCNC(=NC)NCCc1ccccn1)N1CCCC1=O. The third kappa shape index (κ3) is 5.51. The quantitative estimate of drug-likeness (QED) is 0.560. The predicted octanol–water partition coefficient (Wildman–Crippen LogP) is 1.58. The van der Waals surface area contributed by atoms with Crippen LogP contribution in [0.1, 0.15) is 38.3 Å². The Morgan fingerprint density at radius 3 is 2.83 bits per heavy atom. The average Bonchev–Trinajstić information content (AvgIpc) is 3.04. The van der Waals surface area contributed by atoms with Gasteiger partial charge in [0.05, 0.1) is 0 Å². The van der Waals surface area contributed by atoms with Gasteiger partial charge < -0.3 is 15.5 Å². The lowest BCUT2D eigenvalue weighted by Gasteiger charge is -2.27. The van der Waals surface area contributed by atoms with Crippen LogP contribution in [-0.4, -0.2) is 54.5 Å². The van der Waals surface area contributed by atoms with Crippen molar-refractivity contribution in [3.05, 3.63) is 30.1 Å². The van der Waals surface area contributed by atoms with Gasteiger partial charge in [-0.3, -0.25) is 14.8 Å². The number of rotatable bonds is 8. The molecule has 0 bridgehead atoms. The molecule has 2 N–H and O–H groups in total. The highest BCUT2D eigenvalue weighted by molar-refractivity contribution is 5.79. The van der Waals surface area contributed by atoms with Crippen LogP contribution in [0.15, 0.2) is 29.4 Å². The van der Waals surface area contributed by atoms with Gasteiger partial charge in [0.1, 0.15) is 0 Å². The number of pyridine rings is 1. The number of hydrogen-bond donors (Lipinski definition) is 2. The summed E-state index contributed by atoms with van der Waals surface area (Å²) in [4.78, 5) is 22.5. The van der Waals surface area contributed by atoms with Crippen molar-refractivity contribution in [1.29, 1.82) is 0 Å². The maximum atomic E-state index is 11.9. The molecule has 0 saturated carbocycles. The maximum Gasteiger partial charge on any atom is 0.222 e. The molecule has 1 aliphatic rings. The lowest BCUT2D eigenvalue weighted by Crippen LogP contribution is -2.42. The molecular weight excluding hydrogens is 302 g/mol. The van der Waals surface area contributed by atoms with Crippen molar-refractivity contribution in [2.24, 2.45) is 4.99 Å². The van der Waals surface area contributed by atoms with E-state index >= 15 is 0 Å². The summed E-state index contributed by atoms with van der Waals surface area (Å²) in [5, 5.41) is 6.65. The molecule has 0 aliphatic carbocycles. The summed E-state index contributed by atoms with van der Waals surface area (Å²) in [6.07, 6.45) is 6.33. The van der Waals surface area contributed by atoms with Gasteiger partial charge in [0, 0.05) is 57.5 Å². The minimum Gasteiger partial charge on any atom is -0.356 e. The summed E-state index contributed by atoms with van der Waals surface area (Å²) in [5.74, 6) is 1.10. The minimum atomic E-state index is 0.305. The predicted molar refractivity (Wildman–Crippen MR) is 96.9 cm³/mol. The Bertz CT molecular complexity index is 531. The highest BCUT2D eigenvalue weighted by Crippen LogP contribution is 2.17. The summed E-state index contributed by atoms with van der Waals surface area (Å²) in [7, 11) is 1.78. The Morgan fingerprint density at radius 1 is 1.38 bits per heavy atom. The van der Waals surface area contributed by atoms with Crippen LogP contribution >= 0.6 is 0 Å². The molecule has 1 saturated heterocycles. The number of carbonyl (C=O) groups excluding carboxylic acids is 1. The number of amides is 1. The van der Waals surface area contributed by atoms with Crippen LogP contribution < -0.4 is 10.6 Å². The third-order valence-electron chi connectivity index (χ3n) is 4.42. The number of carbonyl (C=O) groups is 1. The first-order valence-corrected chi connectivity index (χ1v) is 8.88. The van der Waals surface area contributed by atoms with Crippen molar-refractivity contribution < 1.29 is 4.79 Å². The van der Waals surface area contributed by atoms with E-state index in [4.69, 9.17) is 0 Å². The molecule has 0 aromatic carbocycles. The van der Waals surface area contributed by atoms with Crippen molar-refractivity contribution >= 4 is 11.9 Å². The van der Waals surface area contributed by atoms with Gasteiger partial charge in [-0.2, -0.15) is 0 Å². The van der Waals surface area contributed by atoms with Crippen molar-refractivity contribution in [3.8, 4) is 0 Å². The summed E-state index contributed by atoms with van der Waals surface area (Å²) in [5.41, 5.74) is 1.07.